The molecule has 2 heterocycles. The van der Waals surface area contributed by atoms with Crippen LogP contribution in [0.15, 0.2) is 200 Å². The van der Waals surface area contributed by atoms with Crippen molar-refractivity contribution in [2.45, 2.75) is 0 Å². The van der Waals surface area contributed by atoms with Gasteiger partial charge in [0, 0.05) is 38.4 Å². The van der Waals surface area contributed by atoms with Crippen molar-refractivity contribution < 1.29 is 4.57 Å². The Kier molecular flexibility index (Phi) is 7.68. The van der Waals surface area contributed by atoms with Crippen LogP contribution in [0.5, 0.6) is 0 Å². The third-order valence-electron chi connectivity index (χ3n) is 10.2. The van der Waals surface area contributed by atoms with Crippen molar-refractivity contribution in [3.8, 4) is 34.2 Å². The molecule has 0 aliphatic rings. The van der Waals surface area contributed by atoms with E-state index < -0.39 is 7.14 Å². The third-order valence-corrected chi connectivity index (χ3v) is 13.3. The van der Waals surface area contributed by atoms with Crippen molar-refractivity contribution in [1.82, 2.24) is 19.1 Å². The van der Waals surface area contributed by atoms with E-state index in [1.807, 2.05) is 115 Å². The molecule has 0 aliphatic heterocycles. The molecule has 6 heteroatoms. The number of imidazole rings is 2. The molecule has 0 fully saturated rings. The zero-order valence-corrected chi connectivity index (χ0v) is 30.1. The second kappa shape index (κ2) is 13.0. The van der Waals surface area contributed by atoms with Gasteiger partial charge in [-0.2, -0.15) is 0 Å². The van der Waals surface area contributed by atoms with Crippen molar-refractivity contribution in [1.29, 1.82) is 0 Å². The summed E-state index contributed by atoms with van der Waals surface area (Å²) in [6.07, 6.45) is 0. The van der Waals surface area contributed by atoms with Crippen LogP contribution in [0.3, 0.4) is 0 Å². The molecule has 0 bridgehead atoms. The van der Waals surface area contributed by atoms with Gasteiger partial charge < -0.3 is 4.57 Å². The van der Waals surface area contributed by atoms with Crippen molar-refractivity contribution in [2.75, 3.05) is 0 Å². The minimum absolute atomic E-state index is 0.758. The Morgan fingerprint density at radius 3 is 1.28 bits per heavy atom. The lowest BCUT2D eigenvalue weighted by Crippen LogP contribution is -2.25. The lowest BCUT2D eigenvalue weighted by Gasteiger charge is -2.21. The smallest absolute Gasteiger partial charge is 0.171 e. The highest BCUT2D eigenvalue weighted by Gasteiger charge is 2.31. The maximum Gasteiger partial charge on any atom is 0.171 e. The number of para-hydroxylation sites is 6. The lowest BCUT2D eigenvalue weighted by atomic mass is 10.1. The van der Waals surface area contributed by atoms with Gasteiger partial charge in [0.2, 0.25) is 0 Å². The molecule has 0 saturated carbocycles. The number of hydrogen-bond donors (Lipinski definition) is 0. The van der Waals surface area contributed by atoms with E-state index in [2.05, 4.69) is 94.1 Å². The molecule has 5 nitrogen and oxygen atoms in total. The third kappa shape index (κ3) is 5.29. The largest absolute Gasteiger partial charge is 0.309 e. The Labute approximate surface area is 312 Å². The number of rotatable bonds is 7. The van der Waals surface area contributed by atoms with Crippen LogP contribution < -0.4 is 15.9 Å². The molecule has 0 unspecified atom stereocenters. The van der Waals surface area contributed by atoms with Crippen LogP contribution in [0.1, 0.15) is 0 Å². The molecule has 0 spiro atoms. The first-order valence-corrected chi connectivity index (χ1v) is 19.7. The average molecular weight is 713 g/mol. The van der Waals surface area contributed by atoms with Crippen LogP contribution in [0.2, 0.25) is 0 Å². The maximum absolute atomic E-state index is 16.0. The van der Waals surface area contributed by atoms with Crippen LogP contribution >= 0.6 is 7.14 Å². The van der Waals surface area contributed by atoms with Gasteiger partial charge in [0.25, 0.3) is 0 Å². The number of nitrogens with zero attached hydrogens (tertiary/aromatic N) is 4. The summed E-state index contributed by atoms with van der Waals surface area (Å²) in [6.45, 7) is 0. The molecule has 8 aromatic carbocycles. The van der Waals surface area contributed by atoms with E-state index in [1.165, 1.54) is 0 Å². The van der Waals surface area contributed by atoms with E-state index in [0.29, 0.717) is 0 Å². The average Bonchev–Trinajstić information content (AvgIpc) is 3.84. The fourth-order valence-electron chi connectivity index (χ4n) is 7.58. The van der Waals surface area contributed by atoms with Crippen LogP contribution in [0.4, 0.5) is 0 Å². The quantitative estimate of drug-likeness (QED) is 0.155. The van der Waals surface area contributed by atoms with Gasteiger partial charge in [-0.1, -0.05) is 146 Å². The molecule has 0 atom stereocenters. The summed E-state index contributed by atoms with van der Waals surface area (Å²) < 4.78 is 20.4. The summed E-state index contributed by atoms with van der Waals surface area (Å²) in [6, 6.07) is 67.7. The van der Waals surface area contributed by atoms with E-state index in [0.717, 1.165) is 82.9 Å². The Balaban J connectivity index is 1.11. The van der Waals surface area contributed by atoms with Crippen LogP contribution in [0.25, 0.3) is 67.0 Å². The molecule has 10 aromatic rings. The molecule has 2 aromatic heterocycles. The molecular formula is C48H33N4OP. The van der Waals surface area contributed by atoms with Gasteiger partial charge in [-0.25, -0.2) is 9.97 Å². The topological polar surface area (TPSA) is 52.7 Å². The molecule has 0 aliphatic carbocycles. The number of benzene rings is 8. The predicted molar refractivity (Wildman–Crippen MR) is 223 cm³/mol. The molecule has 0 amide bonds. The molecule has 0 saturated heterocycles. The zero-order chi connectivity index (χ0) is 36.1. The highest BCUT2D eigenvalue weighted by atomic mass is 31.2. The zero-order valence-electron chi connectivity index (χ0n) is 29.2. The standard InChI is InChI=1S/C48H33N4OP/c53-54(42-32-23-34-13-7-8-14-37(34)33-42,40-28-24-35(25-29-40)47-49-43-19-9-11-21-45(43)51(47)38-15-3-1-4-16-38)41-30-26-36(27-31-41)48-50-44-20-10-12-22-46(44)52(48)39-17-5-2-6-18-39/h1-33H. The number of fused-ring (bicyclic) bond motifs is 3. The Morgan fingerprint density at radius 2 is 0.778 bits per heavy atom. The summed E-state index contributed by atoms with van der Waals surface area (Å²) in [4.78, 5) is 10.1. The minimum Gasteiger partial charge on any atom is -0.309 e. The molecule has 54 heavy (non-hydrogen) atoms. The first kappa shape index (κ1) is 31.9. The number of aromatic nitrogens is 4. The van der Waals surface area contributed by atoms with Gasteiger partial charge in [-0.3, -0.25) is 9.13 Å². The van der Waals surface area contributed by atoms with E-state index >= 15 is 4.57 Å². The highest BCUT2D eigenvalue weighted by Crippen LogP contribution is 2.44. The monoisotopic (exact) mass is 712 g/mol. The van der Waals surface area contributed by atoms with Crippen molar-refractivity contribution in [3.63, 3.8) is 0 Å². The van der Waals surface area contributed by atoms with Gasteiger partial charge >= 0.3 is 0 Å². The Bertz CT molecular complexity index is 2840. The molecular weight excluding hydrogens is 680 g/mol. The molecule has 0 radical (unpaired) electrons. The van der Waals surface area contributed by atoms with E-state index in [9.17, 15) is 0 Å². The number of hydrogen-bond acceptors (Lipinski definition) is 3. The summed E-state index contributed by atoms with van der Waals surface area (Å²) in [5.41, 5.74) is 7.86. The van der Waals surface area contributed by atoms with E-state index in [1.54, 1.807) is 0 Å². The van der Waals surface area contributed by atoms with Crippen LogP contribution in [0, 0.1) is 0 Å². The SMILES string of the molecule is O=P(c1ccc(-c2nc3ccccc3n2-c2ccccc2)cc1)(c1ccc(-c2nc3ccccc3n2-c2ccccc2)cc1)c1ccc2ccccc2c1. The van der Waals surface area contributed by atoms with Crippen LogP contribution in [-0.2, 0) is 4.57 Å². The Hall–Kier alpha value is -6.81. The van der Waals surface area contributed by atoms with Gasteiger partial charge in [0.15, 0.2) is 7.14 Å². The maximum atomic E-state index is 16.0. The van der Waals surface area contributed by atoms with E-state index in [-0.39, 0.29) is 0 Å². The summed E-state index contributed by atoms with van der Waals surface area (Å²) in [5.74, 6) is 1.67. The van der Waals surface area contributed by atoms with Gasteiger partial charge in [0.05, 0.1) is 22.1 Å². The second-order valence-electron chi connectivity index (χ2n) is 13.4. The molecule has 10 rings (SSSR count). The molecule has 256 valence electrons. The fraction of sp³-hybridized carbons (Fsp3) is 0. The summed E-state index contributed by atoms with van der Waals surface area (Å²) in [7, 11) is -3.35. The van der Waals surface area contributed by atoms with Crippen LogP contribution in [-0.4, -0.2) is 19.1 Å². The van der Waals surface area contributed by atoms with Gasteiger partial charge in [-0.05, 0) is 65.4 Å². The molecule has 0 N–H and O–H groups in total. The summed E-state index contributed by atoms with van der Waals surface area (Å²) >= 11 is 0. The van der Waals surface area contributed by atoms with Crippen molar-refractivity contribution >= 4 is 55.9 Å². The minimum atomic E-state index is -3.35. The fourth-order valence-corrected chi connectivity index (χ4v) is 10.2. The predicted octanol–water partition coefficient (Wildman–Crippen LogP) is 10.5. The first-order valence-electron chi connectivity index (χ1n) is 18.0. The first-order chi connectivity index (χ1) is 26.6. The summed E-state index contributed by atoms with van der Waals surface area (Å²) in [5, 5.41) is 4.46. The lowest BCUT2D eigenvalue weighted by molar-refractivity contribution is 0.592. The second-order valence-corrected chi connectivity index (χ2v) is 16.2. The normalized spacial score (nSPS) is 11.8. The van der Waals surface area contributed by atoms with Crippen molar-refractivity contribution in [3.05, 3.63) is 200 Å². The van der Waals surface area contributed by atoms with Gasteiger partial charge in [-0.15, -0.1) is 0 Å². The van der Waals surface area contributed by atoms with Crippen molar-refractivity contribution in [2.24, 2.45) is 0 Å². The Morgan fingerprint density at radius 1 is 0.370 bits per heavy atom. The van der Waals surface area contributed by atoms with Gasteiger partial charge in [0.1, 0.15) is 11.6 Å². The highest BCUT2D eigenvalue weighted by molar-refractivity contribution is 7.85. The van der Waals surface area contributed by atoms with E-state index in [4.69, 9.17) is 9.97 Å².